The van der Waals surface area contributed by atoms with Crippen molar-refractivity contribution in [3.8, 4) is 0 Å². The Morgan fingerprint density at radius 3 is 2.75 bits per heavy atom. The van der Waals surface area contributed by atoms with Crippen LogP contribution in [0.1, 0.15) is 13.3 Å². The molecule has 0 heterocycles. The van der Waals surface area contributed by atoms with Crippen LogP contribution >= 0.6 is 11.6 Å². The lowest BCUT2D eigenvalue weighted by Gasteiger charge is -1.91. The van der Waals surface area contributed by atoms with Crippen LogP contribution in [0.15, 0.2) is 11.6 Å². The third-order valence-corrected chi connectivity index (χ3v) is 1.12. The van der Waals surface area contributed by atoms with Gasteiger partial charge in [0.1, 0.15) is 0 Å². The van der Waals surface area contributed by atoms with E-state index < -0.39 is 0 Å². The largest absolute Gasteiger partial charge is 0.392 e. The third kappa shape index (κ3) is 4.16. The van der Waals surface area contributed by atoms with Crippen molar-refractivity contribution in [2.45, 2.75) is 13.3 Å². The average Bonchev–Trinajstić information content (AvgIpc) is 1.68. The molecule has 0 spiro atoms. The molecule has 0 aliphatic heterocycles. The van der Waals surface area contributed by atoms with E-state index in [1.165, 1.54) is 0 Å². The second kappa shape index (κ2) is 5.13. The first kappa shape index (κ1) is 7.99. The number of rotatable bonds is 3. The minimum atomic E-state index is 0.128. The minimum absolute atomic E-state index is 0.128. The van der Waals surface area contributed by atoms with Gasteiger partial charge in [-0.05, 0) is 13.3 Å². The molecule has 1 nitrogen and oxygen atoms in total. The molecule has 0 rings (SSSR count). The Morgan fingerprint density at radius 2 is 2.38 bits per heavy atom. The number of alkyl halides is 1. The third-order valence-electron chi connectivity index (χ3n) is 0.929. The van der Waals surface area contributed by atoms with E-state index >= 15 is 0 Å². The van der Waals surface area contributed by atoms with Crippen LogP contribution in [0.2, 0.25) is 0 Å². The smallest absolute Gasteiger partial charge is 0.0614 e. The SMILES string of the molecule is CC(=CCO)CCCl. The first-order chi connectivity index (χ1) is 3.81. The highest BCUT2D eigenvalue weighted by atomic mass is 35.5. The Morgan fingerprint density at radius 1 is 1.75 bits per heavy atom. The summed E-state index contributed by atoms with van der Waals surface area (Å²) in [7, 11) is 0. The molecule has 0 unspecified atom stereocenters. The number of hydrogen-bond donors (Lipinski definition) is 1. The fourth-order valence-corrected chi connectivity index (χ4v) is 0.705. The minimum Gasteiger partial charge on any atom is -0.392 e. The number of aliphatic hydroxyl groups excluding tert-OH is 1. The standard InChI is InChI=1S/C6H11ClO/c1-6(2-4-7)3-5-8/h3,8H,2,4-5H2,1H3. The normalized spacial score (nSPS) is 12.1. The summed E-state index contributed by atoms with van der Waals surface area (Å²) >= 11 is 5.41. The molecule has 0 aromatic rings. The van der Waals surface area contributed by atoms with E-state index in [9.17, 15) is 0 Å². The summed E-state index contributed by atoms with van der Waals surface area (Å²) in [6, 6.07) is 0. The van der Waals surface area contributed by atoms with Crippen molar-refractivity contribution in [2.24, 2.45) is 0 Å². The van der Waals surface area contributed by atoms with Gasteiger partial charge < -0.3 is 5.11 Å². The molecule has 0 bridgehead atoms. The number of allylic oxidation sites excluding steroid dienone is 1. The van der Waals surface area contributed by atoms with Crippen molar-refractivity contribution in [2.75, 3.05) is 12.5 Å². The molecule has 0 atom stereocenters. The van der Waals surface area contributed by atoms with E-state index in [1.54, 1.807) is 6.08 Å². The Hall–Kier alpha value is -0.0100. The zero-order valence-corrected chi connectivity index (χ0v) is 5.78. The summed E-state index contributed by atoms with van der Waals surface area (Å²) in [6.07, 6.45) is 2.64. The first-order valence-electron chi connectivity index (χ1n) is 2.63. The van der Waals surface area contributed by atoms with Crippen LogP contribution in [-0.2, 0) is 0 Å². The van der Waals surface area contributed by atoms with E-state index in [-0.39, 0.29) is 6.61 Å². The maximum absolute atomic E-state index is 8.34. The van der Waals surface area contributed by atoms with Crippen molar-refractivity contribution in [3.63, 3.8) is 0 Å². The van der Waals surface area contributed by atoms with Crippen LogP contribution in [-0.4, -0.2) is 17.6 Å². The van der Waals surface area contributed by atoms with Gasteiger partial charge in [-0.15, -0.1) is 11.6 Å². The van der Waals surface area contributed by atoms with Gasteiger partial charge in [0.15, 0.2) is 0 Å². The van der Waals surface area contributed by atoms with Crippen LogP contribution in [0, 0.1) is 0 Å². The van der Waals surface area contributed by atoms with Crippen LogP contribution in [0.4, 0.5) is 0 Å². The van der Waals surface area contributed by atoms with Gasteiger partial charge in [-0.3, -0.25) is 0 Å². The van der Waals surface area contributed by atoms with Gasteiger partial charge in [-0.1, -0.05) is 11.6 Å². The first-order valence-corrected chi connectivity index (χ1v) is 3.17. The molecule has 0 aliphatic carbocycles. The molecule has 0 saturated heterocycles. The van der Waals surface area contributed by atoms with Crippen LogP contribution in [0.3, 0.4) is 0 Å². The number of aliphatic hydroxyl groups is 1. The second-order valence-electron chi connectivity index (χ2n) is 1.67. The van der Waals surface area contributed by atoms with Crippen LogP contribution in [0.5, 0.6) is 0 Å². The Kier molecular flexibility index (Phi) is 5.13. The zero-order valence-electron chi connectivity index (χ0n) is 5.02. The topological polar surface area (TPSA) is 20.2 Å². The van der Waals surface area contributed by atoms with Gasteiger partial charge in [0.25, 0.3) is 0 Å². The van der Waals surface area contributed by atoms with E-state index in [2.05, 4.69) is 0 Å². The molecular weight excluding hydrogens is 124 g/mol. The summed E-state index contributed by atoms with van der Waals surface area (Å²) in [5, 5.41) is 8.34. The molecule has 0 aliphatic rings. The van der Waals surface area contributed by atoms with Crippen molar-refractivity contribution < 1.29 is 5.11 Å². The molecule has 1 N–H and O–H groups in total. The van der Waals surface area contributed by atoms with Crippen molar-refractivity contribution in [1.82, 2.24) is 0 Å². The fourth-order valence-electron chi connectivity index (χ4n) is 0.407. The van der Waals surface area contributed by atoms with Gasteiger partial charge in [-0.2, -0.15) is 0 Å². The fraction of sp³-hybridized carbons (Fsp3) is 0.667. The zero-order chi connectivity index (χ0) is 6.41. The summed E-state index contributed by atoms with van der Waals surface area (Å²) in [4.78, 5) is 0. The van der Waals surface area contributed by atoms with Crippen molar-refractivity contribution in [3.05, 3.63) is 11.6 Å². The summed E-state index contributed by atoms with van der Waals surface area (Å²) < 4.78 is 0. The molecule has 0 radical (unpaired) electrons. The molecule has 0 fully saturated rings. The predicted molar refractivity (Wildman–Crippen MR) is 36.2 cm³/mol. The summed E-state index contributed by atoms with van der Waals surface area (Å²) in [5.41, 5.74) is 1.16. The molecule has 0 amide bonds. The molecule has 48 valence electrons. The summed E-state index contributed by atoms with van der Waals surface area (Å²) in [6.45, 7) is 2.08. The molecule has 8 heavy (non-hydrogen) atoms. The van der Waals surface area contributed by atoms with Crippen LogP contribution in [0.25, 0.3) is 0 Å². The Bertz CT molecular complexity index is 78.6. The maximum Gasteiger partial charge on any atom is 0.0614 e. The molecular formula is C6H11ClO. The van der Waals surface area contributed by atoms with Crippen molar-refractivity contribution in [1.29, 1.82) is 0 Å². The highest BCUT2D eigenvalue weighted by Gasteiger charge is 1.83. The van der Waals surface area contributed by atoms with E-state index in [1.807, 2.05) is 6.92 Å². The molecule has 0 saturated carbocycles. The van der Waals surface area contributed by atoms with E-state index in [4.69, 9.17) is 16.7 Å². The van der Waals surface area contributed by atoms with Gasteiger partial charge in [0.2, 0.25) is 0 Å². The van der Waals surface area contributed by atoms with Crippen LogP contribution < -0.4 is 0 Å². The quantitative estimate of drug-likeness (QED) is 0.459. The predicted octanol–water partition coefficient (Wildman–Crippen LogP) is 1.55. The highest BCUT2D eigenvalue weighted by molar-refractivity contribution is 6.17. The Balaban J connectivity index is 3.29. The maximum atomic E-state index is 8.34. The Labute approximate surface area is 55.0 Å². The van der Waals surface area contributed by atoms with E-state index in [0.29, 0.717) is 5.88 Å². The molecule has 0 aromatic heterocycles. The second-order valence-corrected chi connectivity index (χ2v) is 2.05. The van der Waals surface area contributed by atoms with Crippen molar-refractivity contribution >= 4 is 11.6 Å². The molecule has 0 aromatic carbocycles. The van der Waals surface area contributed by atoms with E-state index in [0.717, 1.165) is 12.0 Å². The van der Waals surface area contributed by atoms with Gasteiger partial charge in [-0.25, -0.2) is 0 Å². The average molecular weight is 135 g/mol. The van der Waals surface area contributed by atoms with Gasteiger partial charge >= 0.3 is 0 Å². The number of halogens is 1. The number of hydrogen-bond acceptors (Lipinski definition) is 1. The lowest BCUT2D eigenvalue weighted by Crippen LogP contribution is -1.81. The van der Waals surface area contributed by atoms with Gasteiger partial charge in [0.05, 0.1) is 6.61 Å². The van der Waals surface area contributed by atoms with Gasteiger partial charge in [0, 0.05) is 5.88 Å². The lowest BCUT2D eigenvalue weighted by molar-refractivity contribution is 0.341. The lowest BCUT2D eigenvalue weighted by atomic mass is 10.2. The monoisotopic (exact) mass is 134 g/mol. The highest BCUT2D eigenvalue weighted by Crippen LogP contribution is 1.99. The summed E-state index contributed by atoms with van der Waals surface area (Å²) in [5.74, 6) is 0.641. The molecule has 2 heteroatoms.